The number of aromatic nitrogens is 3. The summed E-state index contributed by atoms with van der Waals surface area (Å²) in [4.78, 5) is 11.6. The lowest BCUT2D eigenvalue weighted by molar-refractivity contribution is 0.622. The monoisotopic (exact) mass is 204 g/mol. The molecule has 0 radical (unpaired) electrons. The van der Waals surface area contributed by atoms with Crippen molar-refractivity contribution in [1.82, 2.24) is 15.0 Å². The maximum absolute atomic E-state index is 12.9. The molecule has 4 nitrogen and oxygen atoms in total. The molecule has 0 spiro atoms. The first kappa shape index (κ1) is 9.51. The van der Waals surface area contributed by atoms with Crippen LogP contribution in [-0.2, 0) is 0 Å². The average molecular weight is 204 g/mol. The average Bonchev–Trinajstić information content (AvgIpc) is 2.22. The van der Waals surface area contributed by atoms with Crippen molar-refractivity contribution in [3.8, 4) is 11.3 Å². The third kappa shape index (κ3) is 1.90. The Hall–Kier alpha value is -2.04. The number of hydrogen-bond acceptors (Lipinski definition) is 4. The molecule has 2 rings (SSSR count). The lowest BCUT2D eigenvalue weighted by Crippen LogP contribution is -1.98. The molecule has 0 aliphatic rings. The topological polar surface area (TPSA) is 64.7 Å². The van der Waals surface area contributed by atoms with Gasteiger partial charge in [0, 0.05) is 18.0 Å². The van der Waals surface area contributed by atoms with E-state index in [0.29, 0.717) is 11.3 Å². The van der Waals surface area contributed by atoms with Gasteiger partial charge in [0.05, 0.1) is 11.9 Å². The van der Waals surface area contributed by atoms with Crippen LogP contribution >= 0.6 is 0 Å². The normalized spacial score (nSPS) is 10.3. The van der Waals surface area contributed by atoms with Crippen molar-refractivity contribution in [1.29, 1.82) is 0 Å². The molecule has 76 valence electrons. The summed E-state index contributed by atoms with van der Waals surface area (Å²) in [5, 5.41) is 0. The fourth-order valence-electron chi connectivity index (χ4n) is 1.29. The predicted octanol–water partition coefficient (Wildman–Crippen LogP) is 1.57. The highest BCUT2D eigenvalue weighted by molar-refractivity contribution is 5.62. The molecule has 0 aromatic carbocycles. The lowest BCUT2D eigenvalue weighted by Gasteiger charge is -2.04. The minimum Gasteiger partial charge on any atom is -0.368 e. The van der Waals surface area contributed by atoms with Gasteiger partial charge in [-0.3, -0.25) is 4.98 Å². The van der Waals surface area contributed by atoms with Crippen LogP contribution in [0.2, 0.25) is 0 Å². The van der Waals surface area contributed by atoms with Crippen LogP contribution in [0.15, 0.2) is 24.7 Å². The smallest absolute Gasteiger partial charge is 0.220 e. The van der Waals surface area contributed by atoms with E-state index < -0.39 is 5.82 Å². The van der Waals surface area contributed by atoms with Gasteiger partial charge in [-0.2, -0.15) is 0 Å². The van der Waals surface area contributed by atoms with Crippen LogP contribution in [0.25, 0.3) is 11.3 Å². The minimum atomic E-state index is -0.399. The maximum atomic E-state index is 12.9. The van der Waals surface area contributed by atoms with Crippen LogP contribution in [0.4, 0.5) is 10.3 Å². The summed E-state index contributed by atoms with van der Waals surface area (Å²) >= 11 is 0. The molecule has 0 aliphatic carbocycles. The van der Waals surface area contributed by atoms with Crippen molar-refractivity contribution in [2.45, 2.75) is 6.92 Å². The molecular weight excluding hydrogens is 195 g/mol. The Morgan fingerprint density at radius 2 is 2.07 bits per heavy atom. The molecule has 15 heavy (non-hydrogen) atoms. The molecule has 0 fully saturated rings. The standard InChI is InChI=1S/C10H9FN4/c1-6-3-14-10(12)15-9(6)7-2-8(11)5-13-4-7/h2-5H,1H3,(H2,12,14,15). The highest BCUT2D eigenvalue weighted by Crippen LogP contribution is 2.20. The van der Waals surface area contributed by atoms with Gasteiger partial charge in [-0.05, 0) is 18.6 Å². The van der Waals surface area contributed by atoms with Gasteiger partial charge >= 0.3 is 0 Å². The van der Waals surface area contributed by atoms with Crippen molar-refractivity contribution in [2.24, 2.45) is 0 Å². The van der Waals surface area contributed by atoms with Crippen LogP contribution in [-0.4, -0.2) is 15.0 Å². The minimum absolute atomic E-state index is 0.167. The Balaban J connectivity index is 2.58. The molecule has 2 N–H and O–H groups in total. The summed E-state index contributed by atoms with van der Waals surface area (Å²) in [6, 6.07) is 1.36. The summed E-state index contributed by atoms with van der Waals surface area (Å²) in [6.45, 7) is 1.83. The zero-order valence-electron chi connectivity index (χ0n) is 8.11. The molecule has 2 heterocycles. The van der Waals surface area contributed by atoms with Crippen LogP contribution in [0.1, 0.15) is 5.56 Å². The van der Waals surface area contributed by atoms with E-state index in [-0.39, 0.29) is 5.95 Å². The summed E-state index contributed by atoms with van der Waals surface area (Å²) in [5.74, 6) is -0.232. The Morgan fingerprint density at radius 1 is 1.27 bits per heavy atom. The molecule has 2 aromatic heterocycles. The quantitative estimate of drug-likeness (QED) is 0.765. The van der Waals surface area contributed by atoms with E-state index in [1.54, 1.807) is 6.20 Å². The molecule has 0 amide bonds. The van der Waals surface area contributed by atoms with Crippen molar-refractivity contribution in [3.05, 3.63) is 36.0 Å². The van der Waals surface area contributed by atoms with Crippen LogP contribution in [0.3, 0.4) is 0 Å². The molecule has 0 saturated carbocycles. The van der Waals surface area contributed by atoms with Gasteiger partial charge in [0.25, 0.3) is 0 Å². The second kappa shape index (κ2) is 3.61. The second-order valence-electron chi connectivity index (χ2n) is 3.15. The summed E-state index contributed by atoms with van der Waals surface area (Å²) in [7, 11) is 0. The van der Waals surface area contributed by atoms with Crippen molar-refractivity contribution in [3.63, 3.8) is 0 Å². The van der Waals surface area contributed by atoms with Gasteiger partial charge in [-0.15, -0.1) is 0 Å². The number of pyridine rings is 1. The number of nitrogens with two attached hydrogens (primary N) is 1. The SMILES string of the molecule is Cc1cnc(N)nc1-c1cncc(F)c1. The Labute approximate surface area is 86.0 Å². The zero-order valence-corrected chi connectivity index (χ0v) is 8.11. The number of nitrogen functional groups attached to an aromatic ring is 1. The van der Waals surface area contributed by atoms with E-state index in [2.05, 4.69) is 15.0 Å². The fraction of sp³-hybridized carbons (Fsp3) is 0.100. The first-order chi connectivity index (χ1) is 7.16. The Bertz CT molecular complexity index is 499. The Kier molecular flexibility index (Phi) is 2.29. The lowest BCUT2D eigenvalue weighted by atomic mass is 10.1. The van der Waals surface area contributed by atoms with Crippen molar-refractivity contribution < 1.29 is 4.39 Å². The maximum Gasteiger partial charge on any atom is 0.220 e. The fourth-order valence-corrected chi connectivity index (χ4v) is 1.29. The molecule has 5 heteroatoms. The van der Waals surface area contributed by atoms with Gasteiger partial charge in [-0.1, -0.05) is 0 Å². The highest BCUT2D eigenvalue weighted by atomic mass is 19.1. The van der Waals surface area contributed by atoms with E-state index in [1.807, 2.05) is 6.92 Å². The third-order valence-corrected chi connectivity index (χ3v) is 1.97. The van der Waals surface area contributed by atoms with Crippen LogP contribution in [0, 0.1) is 12.7 Å². The van der Waals surface area contributed by atoms with E-state index in [9.17, 15) is 4.39 Å². The third-order valence-electron chi connectivity index (χ3n) is 1.97. The van der Waals surface area contributed by atoms with E-state index in [4.69, 9.17) is 5.73 Å². The summed E-state index contributed by atoms with van der Waals surface area (Å²) < 4.78 is 12.9. The number of nitrogens with zero attached hydrogens (tertiary/aromatic N) is 3. The number of aryl methyl sites for hydroxylation is 1. The first-order valence-electron chi connectivity index (χ1n) is 4.37. The molecule has 0 aliphatic heterocycles. The van der Waals surface area contributed by atoms with Gasteiger partial charge < -0.3 is 5.73 Å². The van der Waals surface area contributed by atoms with Crippen LogP contribution in [0.5, 0.6) is 0 Å². The van der Waals surface area contributed by atoms with Gasteiger partial charge in [-0.25, -0.2) is 14.4 Å². The summed E-state index contributed by atoms with van der Waals surface area (Å²) in [5.41, 5.74) is 7.50. The van der Waals surface area contributed by atoms with Crippen molar-refractivity contribution in [2.75, 3.05) is 5.73 Å². The second-order valence-corrected chi connectivity index (χ2v) is 3.15. The number of anilines is 1. The van der Waals surface area contributed by atoms with Gasteiger partial charge in [0.1, 0.15) is 5.82 Å². The molecule has 2 aromatic rings. The van der Waals surface area contributed by atoms with E-state index in [1.165, 1.54) is 12.3 Å². The number of hydrogen-bond donors (Lipinski definition) is 1. The zero-order chi connectivity index (χ0) is 10.8. The highest BCUT2D eigenvalue weighted by Gasteiger charge is 2.06. The van der Waals surface area contributed by atoms with E-state index >= 15 is 0 Å². The number of rotatable bonds is 1. The van der Waals surface area contributed by atoms with Gasteiger partial charge in [0.15, 0.2) is 0 Å². The Morgan fingerprint density at radius 3 is 2.80 bits per heavy atom. The van der Waals surface area contributed by atoms with Crippen molar-refractivity contribution >= 4 is 5.95 Å². The molecule has 0 unspecified atom stereocenters. The number of halogens is 1. The molecule has 0 saturated heterocycles. The predicted molar refractivity (Wildman–Crippen MR) is 54.4 cm³/mol. The van der Waals surface area contributed by atoms with Crippen LogP contribution < -0.4 is 5.73 Å². The largest absolute Gasteiger partial charge is 0.368 e. The molecular formula is C10H9FN4. The van der Waals surface area contributed by atoms with E-state index in [0.717, 1.165) is 11.8 Å². The molecule has 0 bridgehead atoms. The summed E-state index contributed by atoms with van der Waals surface area (Å²) in [6.07, 6.45) is 4.28. The van der Waals surface area contributed by atoms with Gasteiger partial charge in [0.2, 0.25) is 5.95 Å². The first-order valence-corrected chi connectivity index (χ1v) is 4.37. The molecule has 0 atom stereocenters.